The minimum absolute atomic E-state index is 0.0500. The summed E-state index contributed by atoms with van der Waals surface area (Å²) < 4.78 is 39.2. The van der Waals surface area contributed by atoms with Gasteiger partial charge in [-0.2, -0.15) is 13.2 Å². The van der Waals surface area contributed by atoms with Gasteiger partial charge in [-0.1, -0.05) is 0 Å². The summed E-state index contributed by atoms with van der Waals surface area (Å²) in [4.78, 5) is 23.2. The molecular formula is C12H11F3N2O2. The maximum atomic E-state index is 12.2. The number of carbonyl (C=O) groups excluding carboxylic acids is 1. The maximum Gasteiger partial charge on any atom is 0.396 e. The van der Waals surface area contributed by atoms with Crippen molar-refractivity contribution in [1.29, 1.82) is 0 Å². The molecular weight excluding hydrogens is 261 g/mol. The summed E-state index contributed by atoms with van der Waals surface area (Å²) in [6, 6.07) is 4.08. The standard InChI is InChI=1S/C12H11F3N2O2/c1-16-8-4-3-7(10(18)6-12(13,14)15)5-9(8)17(2)11(16)19/h3-5H,6H2,1-2H3. The molecule has 0 aliphatic carbocycles. The van der Waals surface area contributed by atoms with E-state index < -0.39 is 18.4 Å². The van der Waals surface area contributed by atoms with Crippen LogP contribution >= 0.6 is 0 Å². The minimum atomic E-state index is -4.53. The number of benzene rings is 1. The number of rotatable bonds is 2. The van der Waals surface area contributed by atoms with E-state index in [0.717, 1.165) is 0 Å². The molecule has 0 aliphatic heterocycles. The fourth-order valence-electron chi connectivity index (χ4n) is 1.96. The number of aryl methyl sites for hydroxylation is 2. The Hall–Kier alpha value is -2.05. The van der Waals surface area contributed by atoms with Crippen molar-refractivity contribution >= 4 is 16.8 Å². The van der Waals surface area contributed by atoms with Crippen molar-refractivity contribution in [3.05, 3.63) is 34.2 Å². The van der Waals surface area contributed by atoms with Gasteiger partial charge in [0.2, 0.25) is 0 Å². The van der Waals surface area contributed by atoms with Crippen molar-refractivity contribution in [3.63, 3.8) is 0 Å². The van der Waals surface area contributed by atoms with Gasteiger partial charge in [-0.25, -0.2) is 4.79 Å². The van der Waals surface area contributed by atoms with Crippen LogP contribution in [0.2, 0.25) is 0 Å². The quantitative estimate of drug-likeness (QED) is 0.785. The average molecular weight is 272 g/mol. The van der Waals surface area contributed by atoms with Crippen molar-refractivity contribution in [2.75, 3.05) is 0 Å². The lowest BCUT2D eigenvalue weighted by Gasteiger charge is -2.05. The molecule has 1 aromatic carbocycles. The van der Waals surface area contributed by atoms with Gasteiger partial charge >= 0.3 is 11.9 Å². The van der Waals surface area contributed by atoms with Crippen LogP contribution < -0.4 is 5.69 Å². The molecule has 0 fully saturated rings. The fourth-order valence-corrected chi connectivity index (χ4v) is 1.96. The number of imidazole rings is 1. The maximum absolute atomic E-state index is 12.2. The first-order valence-corrected chi connectivity index (χ1v) is 5.46. The molecule has 2 rings (SSSR count). The monoisotopic (exact) mass is 272 g/mol. The van der Waals surface area contributed by atoms with Gasteiger partial charge in [0.1, 0.15) is 6.42 Å². The summed E-state index contributed by atoms with van der Waals surface area (Å²) >= 11 is 0. The lowest BCUT2D eigenvalue weighted by molar-refractivity contribution is -0.125. The summed E-state index contributed by atoms with van der Waals surface area (Å²) in [6.07, 6.45) is -6.03. The number of carbonyl (C=O) groups is 1. The Morgan fingerprint density at radius 2 is 1.74 bits per heavy atom. The van der Waals surface area contributed by atoms with Crippen molar-refractivity contribution in [3.8, 4) is 0 Å². The van der Waals surface area contributed by atoms with Crippen LogP contribution in [0.1, 0.15) is 16.8 Å². The van der Waals surface area contributed by atoms with E-state index in [-0.39, 0.29) is 11.3 Å². The minimum Gasteiger partial charge on any atom is -0.295 e. The van der Waals surface area contributed by atoms with Crippen LogP contribution in [0.3, 0.4) is 0 Å². The molecule has 0 saturated heterocycles. The zero-order chi connectivity index (χ0) is 14.4. The molecule has 19 heavy (non-hydrogen) atoms. The number of alkyl halides is 3. The van der Waals surface area contributed by atoms with E-state index in [9.17, 15) is 22.8 Å². The Bertz CT molecular complexity index is 710. The Morgan fingerprint density at radius 1 is 1.16 bits per heavy atom. The number of ketones is 1. The second-order valence-electron chi connectivity index (χ2n) is 4.32. The first-order chi connectivity index (χ1) is 8.70. The van der Waals surface area contributed by atoms with E-state index in [4.69, 9.17) is 0 Å². The molecule has 102 valence electrons. The number of hydrogen-bond acceptors (Lipinski definition) is 2. The summed E-state index contributed by atoms with van der Waals surface area (Å²) in [5, 5.41) is 0. The van der Waals surface area contributed by atoms with Crippen molar-refractivity contribution < 1.29 is 18.0 Å². The number of halogens is 3. The second-order valence-corrected chi connectivity index (χ2v) is 4.32. The van der Waals surface area contributed by atoms with E-state index in [0.29, 0.717) is 11.0 Å². The van der Waals surface area contributed by atoms with Crippen LogP contribution in [0.25, 0.3) is 11.0 Å². The van der Waals surface area contributed by atoms with Gasteiger partial charge in [-0.15, -0.1) is 0 Å². The van der Waals surface area contributed by atoms with E-state index in [1.807, 2.05) is 0 Å². The molecule has 0 spiro atoms. The topological polar surface area (TPSA) is 44.0 Å². The lowest BCUT2D eigenvalue weighted by atomic mass is 10.1. The van der Waals surface area contributed by atoms with Crippen LogP contribution in [0.5, 0.6) is 0 Å². The Morgan fingerprint density at radius 3 is 2.32 bits per heavy atom. The molecule has 0 saturated carbocycles. The third kappa shape index (κ3) is 2.40. The number of Topliss-reactive ketones (excluding diaryl/α,β-unsaturated/α-hetero) is 1. The molecule has 0 radical (unpaired) electrons. The first kappa shape index (κ1) is 13.4. The summed E-state index contributed by atoms with van der Waals surface area (Å²) in [7, 11) is 3.06. The van der Waals surface area contributed by atoms with Crippen molar-refractivity contribution in [1.82, 2.24) is 9.13 Å². The lowest BCUT2D eigenvalue weighted by Crippen LogP contribution is -2.19. The van der Waals surface area contributed by atoms with Gasteiger partial charge in [0.15, 0.2) is 5.78 Å². The van der Waals surface area contributed by atoms with Gasteiger partial charge in [-0.05, 0) is 18.2 Å². The van der Waals surface area contributed by atoms with Gasteiger partial charge in [0.25, 0.3) is 0 Å². The molecule has 1 heterocycles. The molecule has 0 bridgehead atoms. The normalized spacial score (nSPS) is 12.1. The summed E-state index contributed by atoms with van der Waals surface area (Å²) in [5.41, 5.74) is 0.651. The SMILES string of the molecule is Cn1c(=O)n(C)c2cc(C(=O)CC(F)(F)F)ccc21. The summed E-state index contributed by atoms with van der Waals surface area (Å²) in [5.74, 6) is -1.01. The molecule has 0 aliphatic rings. The smallest absolute Gasteiger partial charge is 0.295 e. The van der Waals surface area contributed by atoms with Crippen molar-refractivity contribution in [2.24, 2.45) is 14.1 Å². The zero-order valence-corrected chi connectivity index (χ0v) is 10.3. The molecule has 7 heteroatoms. The number of hydrogen-bond donors (Lipinski definition) is 0. The highest BCUT2D eigenvalue weighted by molar-refractivity contribution is 5.99. The highest BCUT2D eigenvalue weighted by Crippen LogP contribution is 2.23. The molecule has 0 unspecified atom stereocenters. The largest absolute Gasteiger partial charge is 0.396 e. The Kier molecular flexibility index (Phi) is 3.00. The van der Waals surface area contributed by atoms with Gasteiger partial charge in [0.05, 0.1) is 11.0 Å². The predicted octanol–water partition coefficient (Wildman–Crippen LogP) is 2.01. The Balaban J connectivity index is 2.51. The van der Waals surface area contributed by atoms with E-state index >= 15 is 0 Å². The highest BCUT2D eigenvalue weighted by Gasteiger charge is 2.31. The molecule has 0 N–H and O–H groups in total. The fraction of sp³-hybridized carbons (Fsp3) is 0.333. The molecule has 0 atom stereocenters. The van der Waals surface area contributed by atoms with E-state index in [1.165, 1.54) is 34.4 Å². The average Bonchev–Trinajstić information content (AvgIpc) is 2.52. The molecule has 1 aromatic heterocycles. The zero-order valence-electron chi connectivity index (χ0n) is 10.3. The highest BCUT2D eigenvalue weighted by atomic mass is 19.4. The summed E-state index contributed by atoms with van der Waals surface area (Å²) in [6.45, 7) is 0. The number of fused-ring (bicyclic) bond motifs is 1. The van der Waals surface area contributed by atoms with Gasteiger partial charge < -0.3 is 0 Å². The molecule has 0 amide bonds. The van der Waals surface area contributed by atoms with Crippen LogP contribution in [0.15, 0.2) is 23.0 Å². The molecule has 2 aromatic rings. The Labute approximate surface area is 106 Å². The third-order valence-corrected chi connectivity index (χ3v) is 2.95. The first-order valence-electron chi connectivity index (χ1n) is 5.46. The van der Waals surface area contributed by atoms with Gasteiger partial charge in [-0.3, -0.25) is 13.9 Å². The van der Waals surface area contributed by atoms with Crippen LogP contribution in [-0.4, -0.2) is 21.1 Å². The van der Waals surface area contributed by atoms with Crippen LogP contribution in [0.4, 0.5) is 13.2 Å². The second kappa shape index (κ2) is 4.25. The van der Waals surface area contributed by atoms with E-state index in [2.05, 4.69) is 0 Å². The molecule has 4 nitrogen and oxygen atoms in total. The van der Waals surface area contributed by atoms with Gasteiger partial charge in [0, 0.05) is 19.7 Å². The number of aromatic nitrogens is 2. The van der Waals surface area contributed by atoms with Crippen molar-refractivity contribution in [2.45, 2.75) is 12.6 Å². The van der Waals surface area contributed by atoms with Crippen LogP contribution in [-0.2, 0) is 14.1 Å². The predicted molar refractivity (Wildman–Crippen MR) is 63.2 cm³/mol. The number of nitrogens with zero attached hydrogens (tertiary/aromatic N) is 2. The van der Waals surface area contributed by atoms with Crippen LogP contribution in [0, 0.1) is 0 Å². The van der Waals surface area contributed by atoms with E-state index in [1.54, 1.807) is 7.05 Å². The third-order valence-electron chi connectivity index (χ3n) is 2.95.